The molecule has 4 heteroatoms. The molecule has 3 aromatic rings. The second kappa shape index (κ2) is 7.32. The van der Waals surface area contributed by atoms with E-state index in [1.807, 2.05) is 67.7 Å². The van der Waals surface area contributed by atoms with Gasteiger partial charge >= 0.3 is 0 Å². The van der Waals surface area contributed by atoms with Gasteiger partial charge in [-0.15, -0.1) is 0 Å². The van der Waals surface area contributed by atoms with Crippen LogP contribution in [0.15, 0.2) is 60.8 Å². The third kappa shape index (κ3) is 3.66. The molecule has 3 rings (SSSR count). The Kier molecular flexibility index (Phi) is 4.96. The first kappa shape index (κ1) is 16.3. The number of aliphatic hydroxyl groups excluding tert-OH is 1. The van der Waals surface area contributed by atoms with E-state index in [2.05, 4.69) is 10.3 Å². The summed E-state index contributed by atoms with van der Waals surface area (Å²) in [5.74, 6) is -0.293. The second-order valence-corrected chi connectivity index (χ2v) is 6.07. The van der Waals surface area contributed by atoms with Gasteiger partial charge in [-0.2, -0.15) is 0 Å². The predicted molar refractivity (Wildman–Crippen MR) is 95.6 cm³/mol. The molecule has 0 aliphatic carbocycles. The zero-order chi connectivity index (χ0) is 16.9. The number of para-hydroxylation sites is 1. The van der Waals surface area contributed by atoms with Crippen LogP contribution in [0.25, 0.3) is 10.9 Å². The fourth-order valence-electron chi connectivity index (χ4n) is 2.89. The third-order valence-corrected chi connectivity index (χ3v) is 4.40. The van der Waals surface area contributed by atoms with Crippen molar-refractivity contribution in [1.82, 2.24) is 10.3 Å². The number of aryl methyl sites for hydroxylation is 1. The molecule has 0 saturated heterocycles. The maximum absolute atomic E-state index is 12.1. The first-order chi connectivity index (χ1) is 11.6. The molecule has 1 aromatic heterocycles. The minimum atomic E-state index is -0.886. The molecular formula is C20H22N2O2. The van der Waals surface area contributed by atoms with Crippen LogP contribution < -0.4 is 5.32 Å². The number of H-pyrrole nitrogens is 1. The number of amides is 1. The number of aromatic amines is 1. The van der Waals surface area contributed by atoms with Gasteiger partial charge in [0.25, 0.3) is 0 Å². The molecule has 0 aliphatic heterocycles. The minimum absolute atomic E-state index is 0.143. The number of carbonyl (C=O) groups is 1. The van der Waals surface area contributed by atoms with Crippen LogP contribution >= 0.6 is 0 Å². The quantitative estimate of drug-likeness (QED) is 0.609. The van der Waals surface area contributed by atoms with Crippen molar-refractivity contribution in [3.8, 4) is 0 Å². The zero-order valence-electron chi connectivity index (χ0n) is 13.7. The molecule has 2 unspecified atom stereocenters. The van der Waals surface area contributed by atoms with Gasteiger partial charge in [0, 0.05) is 29.4 Å². The molecule has 1 heterocycles. The van der Waals surface area contributed by atoms with Crippen molar-refractivity contribution < 1.29 is 9.90 Å². The Morgan fingerprint density at radius 2 is 1.83 bits per heavy atom. The van der Waals surface area contributed by atoms with Crippen molar-refractivity contribution >= 4 is 16.8 Å². The number of nitrogens with one attached hydrogen (secondary N) is 2. The summed E-state index contributed by atoms with van der Waals surface area (Å²) in [5.41, 5.74) is 3.19. The molecule has 0 aliphatic rings. The van der Waals surface area contributed by atoms with Gasteiger partial charge in [-0.25, -0.2) is 0 Å². The van der Waals surface area contributed by atoms with Crippen molar-refractivity contribution in [3.63, 3.8) is 0 Å². The van der Waals surface area contributed by atoms with Crippen LogP contribution in [0.2, 0.25) is 0 Å². The van der Waals surface area contributed by atoms with Crippen LogP contribution in [-0.2, 0) is 11.2 Å². The Bertz CT molecular complexity index is 811. The predicted octanol–water partition coefficient (Wildman–Crippen LogP) is 3.34. The number of carbonyl (C=O) groups excluding carboxylic acids is 1. The number of hydrogen-bond donors (Lipinski definition) is 3. The molecule has 0 fully saturated rings. The molecule has 124 valence electrons. The highest BCUT2D eigenvalue weighted by atomic mass is 16.3. The summed E-state index contributed by atoms with van der Waals surface area (Å²) in [6.45, 7) is 1.90. The summed E-state index contributed by atoms with van der Waals surface area (Å²) < 4.78 is 0. The van der Waals surface area contributed by atoms with E-state index in [9.17, 15) is 9.90 Å². The molecule has 0 bridgehead atoms. The number of aromatic nitrogens is 1. The van der Waals surface area contributed by atoms with Gasteiger partial charge in [0.15, 0.2) is 0 Å². The van der Waals surface area contributed by atoms with Crippen molar-refractivity contribution in [2.45, 2.75) is 31.9 Å². The van der Waals surface area contributed by atoms with E-state index in [0.717, 1.165) is 22.0 Å². The van der Waals surface area contributed by atoms with E-state index in [0.29, 0.717) is 12.8 Å². The normalized spacial score (nSPS) is 13.6. The molecule has 1 amide bonds. The number of hydrogen-bond acceptors (Lipinski definition) is 2. The Hall–Kier alpha value is -2.59. The van der Waals surface area contributed by atoms with Gasteiger partial charge in [-0.3, -0.25) is 4.79 Å². The lowest BCUT2D eigenvalue weighted by Gasteiger charge is -2.20. The summed E-state index contributed by atoms with van der Waals surface area (Å²) in [6, 6.07) is 17.7. The standard InChI is InChI=1S/C20H22N2O2/c1-14(15-7-3-2-4-8-15)20(24)22-19(23)12-11-16-13-21-18-10-6-5-9-17(16)18/h2-10,13-14,20-21,24H,11-12H2,1H3,(H,22,23). The summed E-state index contributed by atoms with van der Waals surface area (Å²) in [5, 5.41) is 14.1. The summed E-state index contributed by atoms with van der Waals surface area (Å²) in [7, 11) is 0. The first-order valence-electron chi connectivity index (χ1n) is 8.22. The van der Waals surface area contributed by atoms with Gasteiger partial charge in [0.05, 0.1) is 0 Å². The lowest BCUT2D eigenvalue weighted by molar-refractivity contribution is -0.124. The van der Waals surface area contributed by atoms with Crippen LogP contribution in [-0.4, -0.2) is 22.2 Å². The lowest BCUT2D eigenvalue weighted by atomic mass is 9.99. The topological polar surface area (TPSA) is 65.1 Å². The first-order valence-corrected chi connectivity index (χ1v) is 8.22. The fraction of sp³-hybridized carbons (Fsp3) is 0.250. The van der Waals surface area contributed by atoms with Gasteiger partial charge in [-0.05, 0) is 23.6 Å². The maximum atomic E-state index is 12.1. The highest BCUT2D eigenvalue weighted by Crippen LogP contribution is 2.20. The average molecular weight is 322 g/mol. The third-order valence-electron chi connectivity index (χ3n) is 4.40. The number of benzene rings is 2. The van der Waals surface area contributed by atoms with Crippen molar-refractivity contribution in [1.29, 1.82) is 0 Å². The van der Waals surface area contributed by atoms with E-state index in [1.165, 1.54) is 0 Å². The van der Waals surface area contributed by atoms with Gasteiger partial charge in [0.2, 0.25) is 5.91 Å². The van der Waals surface area contributed by atoms with Crippen molar-refractivity contribution in [2.24, 2.45) is 0 Å². The van der Waals surface area contributed by atoms with Gasteiger partial charge in [0.1, 0.15) is 6.23 Å². The Labute approximate surface area is 141 Å². The Morgan fingerprint density at radius 1 is 1.12 bits per heavy atom. The monoisotopic (exact) mass is 322 g/mol. The molecule has 2 aromatic carbocycles. The van der Waals surface area contributed by atoms with Crippen LogP contribution in [0.1, 0.15) is 30.4 Å². The van der Waals surface area contributed by atoms with Crippen LogP contribution in [0.4, 0.5) is 0 Å². The summed E-state index contributed by atoms with van der Waals surface area (Å²) >= 11 is 0. The molecular weight excluding hydrogens is 300 g/mol. The lowest BCUT2D eigenvalue weighted by Crippen LogP contribution is -2.38. The molecule has 0 radical (unpaired) electrons. The van der Waals surface area contributed by atoms with Crippen LogP contribution in [0.5, 0.6) is 0 Å². The molecule has 0 spiro atoms. The highest BCUT2D eigenvalue weighted by Gasteiger charge is 2.18. The zero-order valence-corrected chi connectivity index (χ0v) is 13.7. The van der Waals surface area contributed by atoms with Gasteiger partial charge < -0.3 is 15.4 Å². The molecule has 0 saturated carbocycles. The summed E-state index contributed by atoms with van der Waals surface area (Å²) in [4.78, 5) is 15.4. The maximum Gasteiger partial charge on any atom is 0.222 e. The smallest absolute Gasteiger partial charge is 0.222 e. The van der Waals surface area contributed by atoms with Gasteiger partial charge in [-0.1, -0.05) is 55.5 Å². The number of fused-ring (bicyclic) bond motifs is 1. The average Bonchev–Trinajstić information content (AvgIpc) is 3.03. The fourth-order valence-corrected chi connectivity index (χ4v) is 2.89. The van der Waals surface area contributed by atoms with Crippen LogP contribution in [0, 0.1) is 0 Å². The molecule has 24 heavy (non-hydrogen) atoms. The minimum Gasteiger partial charge on any atom is -0.373 e. The SMILES string of the molecule is CC(c1ccccc1)C(O)NC(=O)CCc1c[nH]c2ccccc12. The highest BCUT2D eigenvalue weighted by molar-refractivity contribution is 5.84. The summed E-state index contributed by atoms with van der Waals surface area (Å²) in [6.07, 6.45) is 2.05. The van der Waals surface area contributed by atoms with E-state index in [-0.39, 0.29) is 11.8 Å². The van der Waals surface area contributed by atoms with E-state index in [1.54, 1.807) is 0 Å². The Morgan fingerprint density at radius 3 is 2.62 bits per heavy atom. The van der Waals surface area contributed by atoms with Crippen molar-refractivity contribution in [2.75, 3.05) is 0 Å². The van der Waals surface area contributed by atoms with E-state index >= 15 is 0 Å². The van der Waals surface area contributed by atoms with E-state index < -0.39 is 6.23 Å². The molecule has 3 N–H and O–H groups in total. The van der Waals surface area contributed by atoms with E-state index in [4.69, 9.17) is 0 Å². The molecule has 2 atom stereocenters. The molecule has 4 nitrogen and oxygen atoms in total. The number of rotatable bonds is 6. The second-order valence-electron chi connectivity index (χ2n) is 6.07. The number of aliphatic hydroxyl groups is 1. The van der Waals surface area contributed by atoms with Crippen LogP contribution in [0.3, 0.4) is 0 Å². The largest absolute Gasteiger partial charge is 0.373 e. The Balaban J connectivity index is 1.56. The van der Waals surface area contributed by atoms with Crippen molar-refractivity contribution in [3.05, 3.63) is 71.9 Å².